The first-order valence-electron chi connectivity index (χ1n) is 8.64. The monoisotopic (exact) mass is 345 g/mol. The first-order valence-corrected chi connectivity index (χ1v) is 8.64. The average molecular weight is 345 g/mol. The van der Waals surface area contributed by atoms with Gasteiger partial charge >= 0.3 is 5.97 Å². The fraction of sp³-hybridized carbons (Fsp3) is 0.526. The number of esters is 1. The Bertz CT molecular complexity index is 681. The minimum Gasteiger partial charge on any atom is -0.496 e. The topological polar surface area (TPSA) is 62.8 Å². The molecule has 0 amide bonds. The molecular formula is C19H27N3O3. The Morgan fingerprint density at radius 2 is 2.04 bits per heavy atom. The van der Waals surface area contributed by atoms with Gasteiger partial charge in [-0.2, -0.15) is 0 Å². The molecule has 0 spiro atoms. The zero-order valence-electron chi connectivity index (χ0n) is 15.5. The second kappa shape index (κ2) is 6.69. The summed E-state index contributed by atoms with van der Waals surface area (Å²) in [5, 5.41) is 5.42. The van der Waals surface area contributed by atoms with E-state index < -0.39 is 6.23 Å². The maximum atomic E-state index is 12.4. The van der Waals surface area contributed by atoms with Gasteiger partial charge in [0.15, 0.2) is 6.23 Å². The Hall–Kier alpha value is -2.05. The molecule has 0 aliphatic carbocycles. The van der Waals surface area contributed by atoms with Crippen LogP contribution in [0.25, 0.3) is 0 Å². The van der Waals surface area contributed by atoms with Crippen LogP contribution in [0.2, 0.25) is 0 Å². The number of cyclic esters (lactones) is 1. The largest absolute Gasteiger partial charge is 0.496 e. The van der Waals surface area contributed by atoms with Crippen molar-refractivity contribution in [3.63, 3.8) is 0 Å². The number of hydrogen-bond acceptors (Lipinski definition) is 6. The molecule has 0 aromatic heterocycles. The van der Waals surface area contributed by atoms with E-state index in [0.717, 1.165) is 12.1 Å². The van der Waals surface area contributed by atoms with E-state index in [4.69, 9.17) is 9.47 Å². The number of nitrogens with one attached hydrogen (secondary N) is 2. The van der Waals surface area contributed by atoms with E-state index in [9.17, 15) is 4.79 Å². The molecule has 2 aliphatic heterocycles. The lowest BCUT2D eigenvalue weighted by Gasteiger charge is -2.31. The van der Waals surface area contributed by atoms with E-state index in [0.29, 0.717) is 5.75 Å². The van der Waals surface area contributed by atoms with Crippen LogP contribution in [0.4, 0.5) is 0 Å². The van der Waals surface area contributed by atoms with Crippen molar-refractivity contribution in [1.29, 1.82) is 0 Å². The number of hydrazine groups is 1. The van der Waals surface area contributed by atoms with Crippen molar-refractivity contribution in [3.8, 4) is 5.75 Å². The van der Waals surface area contributed by atoms with E-state index >= 15 is 0 Å². The zero-order chi connectivity index (χ0) is 18.2. The second-order valence-corrected chi connectivity index (χ2v) is 7.57. The summed E-state index contributed by atoms with van der Waals surface area (Å²) < 4.78 is 11.0. The maximum Gasteiger partial charge on any atom is 0.325 e. The molecule has 2 heterocycles. The minimum absolute atomic E-state index is 0.00891. The molecule has 2 aliphatic rings. The Morgan fingerprint density at radius 3 is 2.68 bits per heavy atom. The number of ether oxygens (including phenoxy) is 2. The highest BCUT2D eigenvalue weighted by atomic mass is 16.6. The molecule has 25 heavy (non-hydrogen) atoms. The standard InChI is InChI=1S/C19H27N3O3/c1-12(13-10-20-22(11-13)19(2,3)4)16-18(23)25-17(21-16)14-8-6-7-9-15(14)24-5/h6-9,11-12,16-17,20-21H,10H2,1-5H3. The van der Waals surface area contributed by atoms with Crippen LogP contribution in [0.3, 0.4) is 0 Å². The molecule has 3 atom stereocenters. The molecule has 3 rings (SSSR count). The van der Waals surface area contributed by atoms with Gasteiger partial charge in [0, 0.05) is 29.8 Å². The number of carbonyl (C=O) groups excluding carboxylic acids is 1. The summed E-state index contributed by atoms with van der Waals surface area (Å²) in [6.45, 7) is 9.23. The van der Waals surface area contributed by atoms with Crippen LogP contribution in [0.5, 0.6) is 5.75 Å². The van der Waals surface area contributed by atoms with Gasteiger partial charge in [-0.1, -0.05) is 25.1 Å². The van der Waals surface area contributed by atoms with Gasteiger partial charge in [-0.15, -0.1) is 0 Å². The third-order valence-electron chi connectivity index (χ3n) is 4.80. The van der Waals surface area contributed by atoms with Gasteiger partial charge in [0.25, 0.3) is 0 Å². The number of carbonyl (C=O) groups is 1. The molecule has 6 nitrogen and oxygen atoms in total. The normalized spacial score (nSPS) is 24.9. The first kappa shape index (κ1) is 17.8. The van der Waals surface area contributed by atoms with E-state index in [-0.39, 0.29) is 23.5 Å². The third-order valence-corrected chi connectivity index (χ3v) is 4.80. The van der Waals surface area contributed by atoms with Gasteiger partial charge in [0.1, 0.15) is 11.8 Å². The number of rotatable bonds is 4. The smallest absolute Gasteiger partial charge is 0.325 e. The second-order valence-electron chi connectivity index (χ2n) is 7.57. The van der Waals surface area contributed by atoms with E-state index in [1.807, 2.05) is 24.3 Å². The van der Waals surface area contributed by atoms with Gasteiger partial charge < -0.3 is 14.5 Å². The molecule has 2 N–H and O–H groups in total. The highest BCUT2D eigenvalue weighted by molar-refractivity contribution is 5.79. The van der Waals surface area contributed by atoms with E-state index in [2.05, 4.69) is 49.6 Å². The predicted octanol–water partition coefficient (Wildman–Crippen LogP) is 2.35. The summed E-state index contributed by atoms with van der Waals surface area (Å²) in [4.78, 5) is 12.4. The van der Waals surface area contributed by atoms with Crippen molar-refractivity contribution in [2.45, 2.75) is 45.5 Å². The van der Waals surface area contributed by atoms with Crippen molar-refractivity contribution >= 4 is 5.97 Å². The van der Waals surface area contributed by atoms with Crippen molar-refractivity contribution in [2.75, 3.05) is 13.7 Å². The SMILES string of the molecule is COc1ccccc1C1NC(C(C)C2=CN(C(C)(C)C)NC2)C(=O)O1. The summed E-state index contributed by atoms with van der Waals surface area (Å²) in [6, 6.07) is 7.22. The van der Waals surface area contributed by atoms with Crippen LogP contribution in [-0.2, 0) is 9.53 Å². The molecule has 3 unspecified atom stereocenters. The average Bonchev–Trinajstić information content (AvgIpc) is 3.21. The van der Waals surface area contributed by atoms with Crippen LogP contribution in [0.15, 0.2) is 36.0 Å². The summed E-state index contributed by atoms with van der Waals surface area (Å²) in [5.74, 6) is 0.521. The van der Waals surface area contributed by atoms with Gasteiger partial charge in [0.2, 0.25) is 0 Å². The van der Waals surface area contributed by atoms with Crippen LogP contribution in [0.1, 0.15) is 39.5 Å². The fourth-order valence-corrected chi connectivity index (χ4v) is 3.20. The van der Waals surface area contributed by atoms with Crippen molar-refractivity contribution < 1.29 is 14.3 Å². The minimum atomic E-state index is -0.482. The molecule has 0 bridgehead atoms. The molecule has 1 fully saturated rings. The molecule has 1 aromatic rings. The van der Waals surface area contributed by atoms with Gasteiger partial charge in [0.05, 0.1) is 7.11 Å². The third kappa shape index (κ3) is 3.50. The molecule has 6 heteroatoms. The molecule has 0 saturated carbocycles. The Balaban J connectivity index is 1.75. The van der Waals surface area contributed by atoms with Gasteiger partial charge in [-0.25, -0.2) is 5.43 Å². The van der Waals surface area contributed by atoms with Crippen LogP contribution >= 0.6 is 0 Å². The maximum absolute atomic E-state index is 12.4. The molecule has 136 valence electrons. The van der Waals surface area contributed by atoms with Crippen molar-refractivity contribution in [1.82, 2.24) is 15.8 Å². The quantitative estimate of drug-likeness (QED) is 0.817. The Morgan fingerprint density at radius 1 is 1.32 bits per heavy atom. The summed E-state index contributed by atoms with van der Waals surface area (Å²) in [7, 11) is 1.62. The van der Waals surface area contributed by atoms with Crippen molar-refractivity contribution in [2.24, 2.45) is 5.92 Å². The Labute approximate surface area is 149 Å². The lowest BCUT2D eigenvalue weighted by Crippen LogP contribution is -2.43. The van der Waals surface area contributed by atoms with Crippen LogP contribution in [-0.4, -0.2) is 36.2 Å². The van der Waals surface area contributed by atoms with Crippen LogP contribution in [0, 0.1) is 5.92 Å². The van der Waals surface area contributed by atoms with E-state index in [1.165, 1.54) is 5.57 Å². The van der Waals surface area contributed by atoms with Crippen molar-refractivity contribution in [3.05, 3.63) is 41.6 Å². The van der Waals surface area contributed by atoms with Gasteiger partial charge in [-0.05, 0) is 32.4 Å². The number of hydrogen-bond donors (Lipinski definition) is 2. The molecule has 1 aromatic carbocycles. The summed E-state index contributed by atoms with van der Waals surface area (Å²) in [6.07, 6.45) is 1.63. The lowest BCUT2D eigenvalue weighted by molar-refractivity contribution is -0.143. The number of methoxy groups -OCH3 is 1. The number of benzene rings is 1. The molecule has 1 saturated heterocycles. The highest BCUT2D eigenvalue weighted by Crippen LogP contribution is 2.33. The number of nitrogens with zero attached hydrogens (tertiary/aromatic N) is 1. The van der Waals surface area contributed by atoms with Crippen LogP contribution < -0.4 is 15.5 Å². The molecule has 0 radical (unpaired) electrons. The summed E-state index contributed by atoms with van der Waals surface area (Å²) >= 11 is 0. The highest BCUT2D eigenvalue weighted by Gasteiger charge is 2.41. The summed E-state index contributed by atoms with van der Waals surface area (Å²) in [5.41, 5.74) is 5.38. The lowest BCUT2D eigenvalue weighted by atomic mass is 9.94. The first-order chi connectivity index (χ1) is 11.8. The fourth-order valence-electron chi connectivity index (χ4n) is 3.20. The number of para-hydroxylation sites is 1. The van der Waals surface area contributed by atoms with E-state index in [1.54, 1.807) is 7.11 Å². The van der Waals surface area contributed by atoms with Gasteiger partial charge in [-0.3, -0.25) is 10.1 Å². The zero-order valence-corrected chi connectivity index (χ0v) is 15.5. The Kier molecular flexibility index (Phi) is 4.75. The predicted molar refractivity (Wildman–Crippen MR) is 95.6 cm³/mol. The molecular weight excluding hydrogens is 318 g/mol.